The summed E-state index contributed by atoms with van der Waals surface area (Å²) in [7, 11) is 3.97. The highest BCUT2D eigenvalue weighted by atomic mass is 31.0. The summed E-state index contributed by atoms with van der Waals surface area (Å²) in [5.74, 6) is 0. The molecule has 3 unspecified atom stereocenters. The molecule has 19 heavy (non-hydrogen) atoms. The molecule has 0 spiro atoms. The highest BCUT2D eigenvalue weighted by Gasteiger charge is 2.29. The van der Waals surface area contributed by atoms with E-state index in [0.717, 1.165) is 0 Å². The van der Waals surface area contributed by atoms with Crippen molar-refractivity contribution in [3.05, 3.63) is 12.7 Å². The van der Waals surface area contributed by atoms with E-state index in [4.69, 9.17) is 9.84 Å². The molecular weight excluding hydrogens is 267 g/mol. The van der Waals surface area contributed by atoms with Crippen LogP contribution in [0.25, 0.3) is 11.2 Å². The molecule has 2 aromatic heterocycles. The molecule has 0 radical (unpaired) electrons. The standard InChI is InChI=1S/C11H17N4O3P/c1-11(17,3-7(4-16)18-2)15-6-14-8-9(15)12-5-13-10(8)19/h5-7,16-17H,3-4,19H2,1-2H3. The summed E-state index contributed by atoms with van der Waals surface area (Å²) in [5.41, 5.74) is 0.567. The number of fused-ring (bicyclic) bond motifs is 1. The van der Waals surface area contributed by atoms with E-state index >= 15 is 0 Å². The number of aliphatic hydroxyl groups is 2. The van der Waals surface area contributed by atoms with Crippen molar-refractivity contribution in [2.75, 3.05) is 13.7 Å². The zero-order chi connectivity index (χ0) is 14.0. The first kappa shape index (κ1) is 14.3. The van der Waals surface area contributed by atoms with E-state index in [9.17, 15) is 5.11 Å². The number of rotatable bonds is 5. The fourth-order valence-electron chi connectivity index (χ4n) is 1.96. The van der Waals surface area contributed by atoms with Crippen molar-refractivity contribution < 1.29 is 14.9 Å². The summed E-state index contributed by atoms with van der Waals surface area (Å²) in [6.07, 6.45) is 2.70. The van der Waals surface area contributed by atoms with Crippen LogP contribution in [-0.4, -0.2) is 49.6 Å². The topological polar surface area (TPSA) is 93.3 Å². The van der Waals surface area contributed by atoms with E-state index in [0.29, 0.717) is 16.6 Å². The molecule has 8 heteroatoms. The first-order valence-electron chi connectivity index (χ1n) is 5.79. The van der Waals surface area contributed by atoms with Crippen molar-refractivity contribution >= 4 is 25.8 Å². The van der Waals surface area contributed by atoms with Crippen LogP contribution in [0, 0.1) is 0 Å². The van der Waals surface area contributed by atoms with Crippen LogP contribution in [0.4, 0.5) is 0 Å². The number of hydrogen-bond acceptors (Lipinski definition) is 6. The molecule has 0 amide bonds. The Morgan fingerprint density at radius 2 is 2.21 bits per heavy atom. The molecule has 0 bridgehead atoms. The van der Waals surface area contributed by atoms with Crippen LogP contribution >= 0.6 is 9.24 Å². The van der Waals surface area contributed by atoms with Crippen molar-refractivity contribution in [2.24, 2.45) is 0 Å². The summed E-state index contributed by atoms with van der Waals surface area (Å²) >= 11 is 0. The number of methoxy groups -OCH3 is 1. The van der Waals surface area contributed by atoms with Crippen LogP contribution in [0.2, 0.25) is 0 Å². The fourth-order valence-corrected chi connectivity index (χ4v) is 2.23. The monoisotopic (exact) mass is 284 g/mol. The molecule has 0 aliphatic carbocycles. The van der Waals surface area contributed by atoms with Crippen molar-refractivity contribution in [2.45, 2.75) is 25.2 Å². The number of hydrogen-bond donors (Lipinski definition) is 2. The van der Waals surface area contributed by atoms with E-state index in [-0.39, 0.29) is 13.0 Å². The van der Waals surface area contributed by atoms with Gasteiger partial charge in [-0.3, -0.25) is 4.57 Å². The second-order valence-corrected chi connectivity index (χ2v) is 5.05. The van der Waals surface area contributed by atoms with Crippen molar-refractivity contribution in [3.63, 3.8) is 0 Å². The molecule has 2 rings (SSSR count). The highest BCUT2D eigenvalue weighted by Crippen LogP contribution is 2.23. The van der Waals surface area contributed by atoms with Crippen LogP contribution in [0.3, 0.4) is 0 Å². The summed E-state index contributed by atoms with van der Waals surface area (Å²) in [4.78, 5) is 12.4. The second kappa shape index (κ2) is 5.46. The molecular formula is C11H17N4O3P. The maximum absolute atomic E-state index is 10.6. The minimum atomic E-state index is -1.26. The zero-order valence-electron chi connectivity index (χ0n) is 10.8. The van der Waals surface area contributed by atoms with Gasteiger partial charge in [0.2, 0.25) is 0 Å². The Bertz CT molecular complexity index is 568. The molecule has 2 heterocycles. The van der Waals surface area contributed by atoms with Gasteiger partial charge >= 0.3 is 0 Å². The SMILES string of the molecule is COC(CO)CC(C)(O)n1cnc2c(P)ncnc21. The van der Waals surface area contributed by atoms with E-state index in [1.165, 1.54) is 19.8 Å². The second-order valence-electron chi connectivity index (χ2n) is 4.51. The minimum Gasteiger partial charge on any atom is -0.394 e. The lowest BCUT2D eigenvalue weighted by Crippen LogP contribution is -2.35. The quantitative estimate of drug-likeness (QED) is 0.711. The Kier molecular flexibility index (Phi) is 4.10. The minimum absolute atomic E-state index is 0.164. The Morgan fingerprint density at radius 1 is 1.47 bits per heavy atom. The molecule has 0 fully saturated rings. The van der Waals surface area contributed by atoms with E-state index < -0.39 is 11.8 Å². The van der Waals surface area contributed by atoms with Gasteiger partial charge in [0.05, 0.1) is 24.5 Å². The molecule has 3 atom stereocenters. The van der Waals surface area contributed by atoms with Crippen LogP contribution in [-0.2, 0) is 10.5 Å². The number of aliphatic hydroxyl groups excluding tert-OH is 1. The van der Waals surface area contributed by atoms with E-state index in [2.05, 4.69) is 24.2 Å². The van der Waals surface area contributed by atoms with Crippen LogP contribution in [0.15, 0.2) is 12.7 Å². The molecule has 2 aromatic rings. The highest BCUT2D eigenvalue weighted by molar-refractivity contribution is 7.27. The molecule has 0 aromatic carbocycles. The maximum Gasteiger partial charge on any atom is 0.166 e. The van der Waals surface area contributed by atoms with Gasteiger partial charge < -0.3 is 14.9 Å². The number of ether oxygens (including phenoxy) is 1. The lowest BCUT2D eigenvalue weighted by Gasteiger charge is -2.28. The van der Waals surface area contributed by atoms with Crippen molar-refractivity contribution in [1.82, 2.24) is 19.5 Å². The lowest BCUT2D eigenvalue weighted by atomic mass is 10.1. The third-order valence-electron chi connectivity index (χ3n) is 3.03. The van der Waals surface area contributed by atoms with Crippen LogP contribution in [0.5, 0.6) is 0 Å². The Hall–Kier alpha value is -1.14. The largest absolute Gasteiger partial charge is 0.394 e. The van der Waals surface area contributed by atoms with Gasteiger partial charge in [-0.15, -0.1) is 0 Å². The molecule has 2 N–H and O–H groups in total. The average molecular weight is 284 g/mol. The smallest absolute Gasteiger partial charge is 0.166 e. The number of imidazole rings is 1. The fraction of sp³-hybridized carbons (Fsp3) is 0.545. The summed E-state index contributed by atoms with van der Waals surface area (Å²) in [5, 5.41) is 19.7. The molecule has 0 aliphatic heterocycles. The van der Waals surface area contributed by atoms with Gasteiger partial charge in [0.15, 0.2) is 5.65 Å². The van der Waals surface area contributed by atoms with E-state index in [1.807, 2.05) is 0 Å². The average Bonchev–Trinajstić information content (AvgIpc) is 2.82. The van der Waals surface area contributed by atoms with Crippen molar-refractivity contribution in [1.29, 1.82) is 0 Å². The van der Waals surface area contributed by atoms with Gasteiger partial charge in [-0.05, 0) is 6.92 Å². The predicted molar refractivity (Wildman–Crippen MR) is 73.0 cm³/mol. The third kappa shape index (κ3) is 2.74. The Balaban J connectivity index is 2.40. The van der Waals surface area contributed by atoms with Crippen molar-refractivity contribution in [3.8, 4) is 0 Å². The first-order valence-corrected chi connectivity index (χ1v) is 6.37. The number of nitrogens with zero attached hydrogens (tertiary/aromatic N) is 4. The van der Waals surface area contributed by atoms with Gasteiger partial charge in [-0.2, -0.15) is 0 Å². The maximum atomic E-state index is 10.6. The number of aromatic nitrogens is 4. The van der Waals surface area contributed by atoms with Gasteiger partial charge in [-0.25, -0.2) is 15.0 Å². The summed E-state index contributed by atoms with van der Waals surface area (Å²) in [6.45, 7) is 1.46. The van der Waals surface area contributed by atoms with Crippen LogP contribution < -0.4 is 5.44 Å². The van der Waals surface area contributed by atoms with Gasteiger partial charge in [0.1, 0.15) is 17.6 Å². The van der Waals surface area contributed by atoms with Gasteiger partial charge in [-0.1, -0.05) is 9.24 Å². The zero-order valence-corrected chi connectivity index (χ0v) is 12.0. The lowest BCUT2D eigenvalue weighted by molar-refractivity contribution is -0.0774. The summed E-state index contributed by atoms with van der Waals surface area (Å²) in [6, 6.07) is 0. The molecule has 0 saturated heterocycles. The molecule has 7 nitrogen and oxygen atoms in total. The summed E-state index contributed by atoms with van der Waals surface area (Å²) < 4.78 is 6.64. The Morgan fingerprint density at radius 3 is 2.84 bits per heavy atom. The van der Waals surface area contributed by atoms with E-state index in [1.54, 1.807) is 11.5 Å². The molecule has 0 aliphatic rings. The normalized spacial score (nSPS) is 16.5. The van der Waals surface area contributed by atoms with Gasteiger partial charge in [0, 0.05) is 13.5 Å². The molecule has 0 saturated carbocycles. The van der Waals surface area contributed by atoms with Gasteiger partial charge in [0.25, 0.3) is 0 Å². The predicted octanol–water partition coefficient (Wildman–Crippen LogP) is -0.611. The third-order valence-corrected chi connectivity index (χ3v) is 3.45. The Labute approximate surface area is 112 Å². The molecule has 104 valence electrons. The first-order chi connectivity index (χ1) is 8.99. The van der Waals surface area contributed by atoms with Crippen LogP contribution in [0.1, 0.15) is 13.3 Å².